The third-order valence-corrected chi connectivity index (χ3v) is 5.50. The van der Waals surface area contributed by atoms with Crippen LogP contribution in [0.1, 0.15) is 42.6 Å². The highest BCUT2D eigenvalue weighted by Gasteiger charge is 2.33. The Morgan fingerprint density at radius 1 is 1.20 bits per heavy atom. The maximum absolute atomic E-state index is 12.5. The number of H-pyrrole nitrogens is 1. The molecule has 2 fully saturated rings. The van der Waals surface area contributed by atoms with Crippen LogP contribution in [0.5, 0.6) is 0 Å². The van der Waals surface area contributed by atoms with Crippen LogP contribution in [0.25, 0.3) is 11.4 Å². The van der Waals surface area contributed by atoms with Gasteiger partial charge >= 0.3 is 0 Å². The lowest BCUT2D eigenvalue weighted by Gasteiger charge is -2.44. The normalized spacial score (nSPS) is 23.8. The van der Waals surface area contributed by atoms with E-state index in [-0.39, 0.29) is 5.91 Å². The van der Waals surface area contributed by atoms with Gasteiger partial charge in [0.15, 0.2) is 0 Å². The Bertz CT molecular complexity index is 712. The summed E-state index contributed by atoms with van der Waals surface area (Å²) in [6.45, 7) is 3.20. The molecule has 0 aliphatic carbocycles. The van der Waals surface area contributed by atoms with Gasteiger partial charge in [-0.3, -0.25) is 14.9 Å². The van der Waals surface area contributed by atoms with Crippen molar-refractivity contribution in [3.63, 3.8) is 0 Å². The van der Waals surface area contributed by atoms with Crippen molar-refractivity contribution in [1.29, 1.82) is 0 Å². The summed E-state index contributed by atoms with van der Waals surface area (Å²) in [5.41, 5.74) is 1.96. The van der Waals surface area contributed by atoms with Crippen LogP contribution in [-0.2, 0) is 0 Å². The average molecular weight is 339 g/mol. The van der Waals surface area contributed by atoms with E-state index in [4.69, 9.17) is 0 Å². The summed E-state index contributed by atoms with van der Waals surface area (Å²) >= 11 is 0. The Labute approximate surface area is 148 Å². The number of nitrogens with one attached hydrogen (secondary N) is 2. The van der Waals surface area contributed by atoms with Crippen molar-refractivity contribution in [2.75, 3.05) is 19.6 Å². The molecule has 0 bridgehead atoms. The molecule has 25 heavy (non-hydrogen) atoms. The third-order valence-electron chi connectivity index (χ3n) is 5.50. The van der Waals surface area contributed by atoms with Crippen molar-refractivity contribution in [3.05, 3.63) is 36.2 Å². The molecule has 6 nitrogen and oxygen atoms in total. The Hall–Kier alpha value is -2.21. The Morgan fingerprint density at radius 3 is 3.00 bits per heavy atom. The molecule has 2 aliphatic heterocycles. The second kappa shape index (κ2) is 7.35. The van der Waals surface area contributed by atoms with Gasteiger partial charge in [-0.25, -0.2) is 0 Å². The fraction of sp³-hybridized carbons (Fsp3) is 0.526. The molecular weight excluding hydrogens is 314 g/mol. The van der Waals surface area contributed by atoms with E-state index < -0.39 is 0 Å². The molecule has 0 spiro atoms. The first-order valence-electron chi connectivity index (χ1n) is 9.30. The second-order valence-corrected chi connectivity index (χ2v) is 7.09. The molecule has 4 rings (SSSR count). The highest BCUT2D eigenvalue weighted by atomic mass is 16.1. The van der Waals surface area contributed by atoms with Gasteiger partial charge < -0.3 is 10.2 Å². The first kappa shape index (κ1) is 16.3. The summed E-state index contributed by atoms with van der Waals surface area (Å²) in [6, 6.07) is 8.08. The number of aromatic amines is 1. The van der Waals surface area contributed by atoms with Gasteiger partial charge in [-0.05, 0) is 62.9 Å². The van der Waals surface area contributed by atoms with Crippen LogP contribution in [0.4, 0.5) is 0 Å². The van der Waals surface area contributed by atoms with Gasteiger partial charge in [-0.2, -0.15) is 5.10 Å². The van der Waals surface area contributed by atoms with Gasteiger partial charge in [0.05, 0.1) is 5.69 Å². The maximum Gasteiger partial charge on any atom is 0.269 e. The van der Waals surface area contributed by atoms with E-state index in [2.05, 4.69) is 25.4 Å². The largest absolute Gasteiger partial charge is 0.350 e. The number of pyridine rings is 1. The van der Waals surface area contributed by atoms with Crippen molar-refractivity contribution in [3.8, 4) is 11.4 Å². The number of piperidine rings is 2. The van der Waals surface area contributed by atoms with Crippen molar-refractivity contribution in [1.82, 2.24) is 25.4 Å². The van der Waals surface area contributed by atoms with Gasteiger partial charge in [-0.1, -0.05) is 12.5 Å². The van der Waals surface area contributed by atoms with Crippen LogP contribution in [-0.4, -0.2) is 51.7 Å². The zero-order valence-corrected chi connectivity index (χ0v) is 14.4. The zero-order valence-electron chi connectivity index (χ0n) is 14.4. The first-order chi connectivity index (χ1) is 12.3. The molecule has 0 unspecified atom stereocenters. The Morgan fingerprint density at radius 2 is 2.12 bits per heavy atom. The smallest absolute Gasteiger partial charge is 0.269 e. The van der Waals surface area contributed by atoms with Crippen LogP contribution >= 0.6 is 0 Å². The highest BCUT2D eigenvalue weighted by molar-refractivity contribution is 5.93. The Balaban J connectivity index is 1.37. The molecule has 4 heterocycles. The molecule has 2 saturated heterocycles. The number of hydrogen-bond acceptors (Lipinski definition) is 4. The summed E-state index contributed by atoms with van der Waals surface area (Å²) in [4.78, 5) is 19.4. The molecule has 2 aliphatic rings. The summed E-state index contributed by atoms with van der Waals surface area (Å²) in [6.07, 6.45) is 8.09. The van der Waals surface area contributed by atoms with Crippen molar-refractivity contribution in [2.45, 2.75) is 38.1 Å². The number of carbonyl (C=O) groups excluding carboxylic acids is 1. The maximum atomic E-state index is 12.5. The van der Waals surface area contributed by atoms with Gasteiger partial charge in [0.2, 0.25) is 0 Å². The minimum Gasteiger partial charge on any atom is -0.350 e. The van der Waals surface area contributed by atoms with Crippen molar-refractivity contribution in [2.24, 2.45) is 5.92 Å². The third kappa shape index (κ3) is 3.58. The zero-order chi connectivity index (χ0) is 17.1. The number of nitrogens with zero attached hydrogens (tertiary/aromatic N) is 3. The average Bonchev–Trinajstić information content (AvgIpc) is 3.17. The van der Waals surface area contributed by atoms with Gasteiger partial charge in [0.25, 0.3) is 5.91 Å². The minimum atomic E-state index is -0.0809. The summed E-state index contributed by atoms with van der Waals surface area (Å²) in [7, 11) is 0. The minimum absolute atomic E-state index is 0.0809. The number of fused-ring (bicyclic) bond motifs is 1. The molecule has 132 valence electrons. The molecule has 0 saturated carbocycles. The van der Waals surface area contributed by atoms with E-state index in [0.717, 1.165) is 12.2 Å². The second-order valence-electron chi connectivity index (χ2n) is 7.09. The molecule has 0 radical (unpaired) electrons. The van der Waals surface area contributed by atoms with Crippen LogP contribution in [0.3, 0.4) is 0 Å². The van der Waals surface area contributed by atoms with E-state index in [9.17, 15) is 4.79 Å². The first-order valence-corrected chi connectivity index (χ1v) is 9.30. The van der Waals surface area contributed by atoms with E-state index in [1.165, 1.54) is 45.2 Å². The fourth-order valence-electron chi connectivity index (χ4n) is 4.22. The van der Waals surface area contributed by atoms with Crippen molar-refractivity contribution < 1.29 is 4.79 Å². The molecule has 2 aromatic rings. The number of carbonyl (C=O) groups is 1. The van der Waals surface area contributed by atoms with Gasteiger partial charge in [-0.15, -0.1) is 0 Å². The molecule has 1 amide bonds. The van der Waals surface area contributed by atoms with E-state index in [1.807, 2.05) is 18.2 Å². The number of aromatic nitrogens is 3. The summed E-state index contributed by atoms with van der Waals surface area (Å²) in [5.74, 6) is 0.485. The number of amides is 1. The molecule has 2 N–H and O–H groups in total. The lowest BCUT2D eigenvalue weighted by atomic mass is 9.83. The van der Waals surface area contributed by atoms with E-state index in [1.54, 1.807) is 12.3 Å². The van der Waals surface area contributed by atoms with Crippen LogP contribution in [0, 0.1) is 5.92 Å². The van der Waals surface area contributed by atoms with E-state index in [0.29, 0.717) is 23.3 Å². The SMILES string of the molecule is O=C(NC[C@@H]1CCCN2CCCC[C@H]12)c1cc(-c2ccccn2)n[nH]1. The lowest BCUT2D eigenvalue weighted by molar-refractivity contribution is 0.0575. The Kier molecular flexibility index (Phi) is 4.78. The fourth-order valence-corrected chi connectivity index (χ4v) is 4.22. The van der Waals surface area contributed by atoms with Gasteiger partial charge in [0, 0.05) is 18.8 Å². The van der Waals surface area contributed by atoms with Crippen LogP contribution < -0.4 is 5.32 Å². The van der Waals surface area contributed by atoms with E-state index >= 15 is 0 Å². The molecule has 2 atom stereocenters. The molecular formula is C19H25N5O. The topological polar surface area (TPSA) is 73.9 Å². The predicted molar refractivity (Wildman–Crippen MR) is 96.1 cm³/mol. The monoisotopic (exact) mass is 339 g/mol. The molecule has 2 aromatic heterocycles. The lowest BCUT2D eigenvalue weighted by Crippen LogP contribution is -2.51. The summed E-state index contributed by atoms with van der Waals surface area (Å²) < 4.78 is 0. The number of hydrogen-bond donors (Lipinski definition) is 2. The van der Waals surface area contributed by atoms with Gasteiger partial charge in [0.1, 0.15) is 11.4 Å². The highest BCUT2D eigenvalue weighted by Crippen LogP contribution is 2.30. The van der Waals surface area contributed by atoms with Crippen LogP contribution in [0.2, 0.25) is 0 Å². The number of rotatable bonds is 4. The molecule has 6 heteroatoms. The quantitative estimate of drug-likeness (QED) is 0.897. The van der Waals surface area contributed by atoms with Crippen LogP contribution in [0.15, 0.2) is 30.5 Å². The predicted octanol–water partition coefficient (Wildman–Crippen LogP) is 2.47. The van der Waals surface area contributed by atoms with Crippen molar-refractivity contribution >= 4 is 5.91 Å². The molecule has 0 aromatic carbocycles. The summed E-state index contributed by atoms with van der Waals surface area (Å²) in [5, 5.41) is 10.2. The standard InChI is InChI=1S/C19H25N5O/c25-19(17-12-16(22-23-17)15-7-1-3-9-20-15)21-13-14-6-5-11-24-10-4-2-8-18(14)24/h1,3,7,9,12,14,18H,2,4-6,8,10-11,13H2,(H,21,25)(H,22,23)/t14-,18+/m0/s1.